The molecule has 2 aromatic carbocycles. The van der Waals surface area contributed by atoms with Gasteiger partial charge in [-0.05, 0) is 61.4 Å². The van der Waals surface area contributed by atoms with Crippen LogP contribution in [-0.4, -0.2) is 61.0 Å². The van der Waals surface area contributed by atoms with Crippen molar-refractivity contribution in [3.05, 3.63) is 59.7 Å². The highest BCUT2D eigenvalue weighted by molar-refractivity contribution is 6.35. The van der Waals surface area contributed by atoms with Crippen LogP contribution in [0.5, 0.6) is 11.5 Å². The Morgan fingerprint density at radius 2 is 1.06 bits per heavy atom. The number of piperazine rings is 1. The van der Waals surface area contributed by atoms with Crippen LogP contribution in [0.25, 0.3) is 0 Å². The Morgan fingerprint density at radius 3 is 1.41 bits per heavy atom. The summed E-state index contributed by atoms with van der Waals surface area (Å²) in [7, 11) is 0. The average Bonchev–Trinajstić information content (AvgIpc) is 2.84. The van der Waals surface area contributed by atoms with E-state index in [4.69, 9.17) is 20.0 Å². The molecule has 1 heterocycles. The van der Waals surface area contributed by atoms with Gasteiger partial charge in [-0.2, -0.15) is 10.5 Å². The lowest BCUT2D eigenvalue weighted by Gasteiger charge is -2.33. The van der Waals surface area contributed by atoms with Crippen molar-refractivity contribution in [3.63, 3.8) is 0 Å². The van der Waals surface area contributed by atoms with E-state index in [2.05, 4.69) is 12.1 Å². The lowest BCUT2D eigenvalue weighted by atomic mass is 10.2. The summed E-state index contributed by atoms with van der Waals surface area (Å²) >= 11 is 0. The van der Waals surface area contributed by atoms with Gasteiger partial charge in [0.1, 0.15) is 11.5 Å². The average molecular weight is 432 g/mol. The molecule has 3 rings (SSSR count). The summed E-state index contributed by atoms with van der Waals surface area (Å²) in [5.41, 5.74) is 1.14. The van der Waals surface area contributed by atoms with Crippen LogP contribution in [0.3, 0.4) is 0 Å². The second-order valence-corrected chi connectivity index (χ2v) is 7.26. The standard InChI is InChI=1S/C24H24N4O4/c25-17-19-3-7-21(8-4-19)31-15-1-11-27-13-14-28(24(30)23(27)29)12-2-16-32-22-9-5-20(18-26)6-10-22/h3-10H,1-2,11-16H2. The quantitative estimate of drug-likeness (QED) is 0.421. The molecule has 2 amide bonds. The Hall–Kier alpha value is -4.04. The van der Waals surface area contributed by atoms with Crippen LogP contribution in [0.2, 0.25) is 0 Å². The molecule has 1 aliphatic rings. The number of ether oxygens (including phenoxy) is 2. The zero-order valence-corrected chi connectivity index (χ0v) is 17.7. The molecule has 0 bridgehead atoms. The second kappa shape index (κ2) is 11.4. The zero-order valence-electron chi connectivity index (χ0n) is 17.7. The number of rotatable bonds is 10. The van der Waals surface area contributed by atoms with Gasteiger partial charge in [0.05, 0.1) is 36.5 Å². The van der Waals surface area contributed by atoms with Crippen LogP contribution in [0.1, 0.15) is 24.0 Å². The van der Waals surface area contributed by atoms with Gasteiger partial charge in [0.25, 0.3) is 0 Å². The number of amides is 2. The van der Waals surface area contributed by atoms with Crippen molar-refractivity contribution in [1.82, 2.24) is 9.80 Å². The molecule has 0 aliphatic carbocycles. The summed E-state index contributed by atoms with van der Waals surface area (Å²) in [4.78, 5) is 27.9. The lowest BCUT2D eigenvalue weighted by Crippen LogP contribution is -2.54. The minimum atomic E-state index is -0.484. The molecule has 8 heteroatoms. The minimum absolute atomic E-state index is 0.417. The number of hydrogen-bond acceptors (Lipinski definition) is 6. The van der Waals surface area contributed by atoms with Gasteiger partial charge in [-0.15, -0.1) is 0 Å². The number of nitrogens with zero attached hydrogens (tertiary/aromatic N) is 4. The molecule has 1 aliphatic heterocycles. The van der Waals surface area contributed by atoms with Crippen molar-refractivity contribution < 1.29 is 19.1 Å². The Kier molecular flexibility index (Phi) is 8.05. The third-order valence-electron chi connectivity index (χ3n) is 5.05. The van der Waals surface area contributed by atoms with E-state index in [-0.39, 0.29) is 0 Å². The number of hydrogen-bond donors (Lipinski definition) is 0. The fourth-order valence-electron chi connectivity index (χ4n) is 3.28. The maximum atomic E-state index is 12.4. The molecule has 32 heavy (non-hydrogen) atoms. The van der Waals surface area contributed by atoms with Gasteiger partial charge < -0.3 is 19.3 Å². The maximum absolute atomic E-state index is 12.4. The normalized spacial score (nSPS) is 13.4. The first kappa shape index (κ1) is 22.6. The van der Waals surface area contributed by atoms with E-state index in [1.54, 1.807) is 58.3 Å². The first-order valence-corrected chi connectivity index (χ1v) is 10.4. The summed E-state index contributed by atoms with van der Waals surface area (Å²) in [5.74, 6) is 0.365. The minimum Gasteiger partial charge on any atom is -0.494 e. The van der Waals surface area contributed by atoms with E-state index < -0.39 is 11.8 Å². The van der Waals surface area contributed by atoms with Gasteiger partial charge in [-0.25, -0.2) is 0 Å². The fraction of sp³-hybridized carbons (Fsp3) is 0.333. The van der Waals surface area contributed by atoms with Crippen LogP contribution >= 0.6 is 0 Å². The Bertz CT molecular complexity index is 923. The highest BCUT2D eigenvalue weighted by Gasteiger charge is 2.31. The maximum Gasteiger partial charge on any atom is 0.312 e. The molecule has 1 saturated heterocycles. The first-order valence-electron chi connectivity index (χ1n) is 10.4. The largest absolute Gasteiger partial charge is 0.494 e. The van der Waals surface area contributed by atoms with E-state index in [0.29, 0.717) is 74.9 Å². The van der Waals surface area contributed by atoms with Crippen LogP contribution < -0.4 is 9.47 Å². The SMILES string of the molecule is N#Cc1ccc(OCCCN2CCN(CCCOc3ccc(C#N)cc3)C(=O)C2=O)cc1. The van der Waals surface area contributed by atoms with Gasteiger partial charge in [-0.1, -0.05) is 0 Å². The van der Waals surface area contributed by atoms with Crippen molar-refractivity contribution in [3.8, 4) is 23.6 Å². The molecule has 1 fully saturated rings. The van der Waals surface area contributed by atoms with Gasteiger partial charge in [0.2, 0.25) is 0 Å². The van der Waals surface area contributed by atoms with E-state index in [0.717, 1.165) is 0 Å². The third kappa shape index (κ3) is 6.23. The lowest BCUT2D eigenvalue weighted by molar-refractivity contribution is -0.156. The molecule has 0 radical (unpaired) electrons. The van der Waals surface area contributed by atoms with Crippen molar-refractivity contribution in [1.29, 1.82) is 10.5 Å². The van der Waals surface area contributed by atoms with E-state index in [9.17, 15) is 9.59 Å². The smallest absolute Gasteiger partial charge is 0.312 e. The highest BCUT2D eigenvalue weighted by atomic mass is 16.5. The van der Waals surface area contributed by atoms with Crippen LogP contribution in [0.15, 0.2) is 48.5 Å². The van der Waals surface area contributed by atoms with Gasteiger partial charge in [0, 0.05) is 26.2 Å². The van der Waals surface area contributed by atoms with Gasteiger partial charge in [-0.3, -0.25) is 9.59 Å². The molecule has 0 atom stereocenters. The molecule has 0 N–H and O–H groups in total. The summed E-state index contributed by atoms with van der Waals surface area (Å²) in [6.07, 6.45) is 1.22. The van der Waals surface area contributed by atoms with E-state index >= 15 is 0 Å². The molecule has 2 aromatic rings. The van der Waals surface area contributed by atoms with Crippen molar-refractivity contribution in [2.45, 2.75) is 12.8 Å². The Balaban J connectivity index is 1.33. The van der Waals surface area contributed by atoms with Crippen molar-refractivity contribution in [2.75, 3.05) is 39.4 Å². The van der Waals surface area contributed by atoms with Crippen LogP contribution in [-0.2, 0) is 9.59 Å². The molecule has 164 valence electrons. The zero-order chi connectivity index (χ0) is 22.8. The summed E-state index contributed by atoms with van der Waals surface area (Å²) in [5, 5.41) is 17.6. The number of carbonyl (C=O) groups is 2. The molecule has 0 aromatic heterocycles. The van der Waals surface area contributed by atoms with E-state index in [1.165, 1.54) is 0 Å². The molecular weight excluding hydrogens is 408 g/mol. The second-order valence-electron chi connectivity index (χ2n) is 7.26. The number of carbonyl (C=O) groups excluding carboxylic acids is 2. The first-order chi connectivity index (χ1) is 15.6. The molecular formula is C24H24N4O4. The van der Waals surface area contributed by atoms with Crippen molar-refractivity contribution in [2.24, 2.45) is 0 Å². The molecule has 0 saturated carbocycles. The van der Waals surface area contributed by atoms with Gasteiger partial charge >= 0.3 is 11.8 Å². The highest BCUT2D eigenvalue weighted by Crippen LogP contribution is 2.14. The predicted molar refractivity (Wildman–Crippen MR) is 116 cm³/mol. The molecule has 8 nitrogen and oxygen atoms in total. The van der Waals surface area contributed by atoms with Crippen molar-refractivity contribution >= 4 is 11.8 Å². The third-order valence-corrected chi connectivity index (χ3v) is 5.05. The molecule has 0 spiro atoms. The fourth-order valence-corrected chi connectivity index (χ4v) is 3.28. The monoisotopic (exact) mass is 432 g/mol. The number of benzene rings is 2. The number of nitriles is 2. The van der Waals surface area contributed by atoms with Crippen LogP contribution in [0.4, 0.5) is 0 Å². The predicted octanol–water partition coefficient (Wildman–Crippen LogP) is 2.34. The summed E-state index contributed by atoms with van der Waals surface area (Å²) in [6.45, 7) is 2.74. The Labute approximate surface area is 187 Å². The summed E-state index contributed by atoms with van der Waals surface area (Å²) in [6, 6.07) is 17.8. The topological polar surface area (TPSA) is 107 Å². The van der Waals surface area contributed by atoms with Gasteiger partial charge in [0.15, 0.2) is 0 Å². The molecule has 0 unspecified atom stereocenters. The Morgan fingerprint density at radius 1 is 0.688 bits per heavy atom. The van der Waals surface area contributed by atoms with E-state index in [1.807, 2.05) is 0 Å². The summed E-state index contributed by atoms with van der Waals surface area (Å²) < 4.78 is 11.2. The van der Waals surface area contributed by atoms with Crippen LogP contribution in [0, 0.1) is 22.7 Å².